The van der Waals surface area contributed by atoms with Crippen molar-refractivity contribution >= 4 is 77.0 Å². The molecule has 20 N–H and O–H groups in total. The van der Waals surface area contributed by atoms with Gasteiger partial charge in [-0.2, -0.15) is 0 Å². The molecule has 506 valence electrons. The number of fused-ring (bicyclic) bond motifs is 6. The number of nitrogens with two attached hydrogens (primary N) is 3. The quantitative estimate of drug-likeness (QED) is 0.0150. The molecule has 0 saturated carbocycles. The molecule has 10 amide bonds. The number of rotatable bonds is 36. The summed E-state index contributed by atoms with van der Waals surface area (Å²) >= 11 is 0. The largest absolute Gasteiger partial charge is 0.508 e. The van der Waals surface area contributed by atoms with Crippen LogP contribution in [-0.4, -0.2) is 161 Å². The summed E-state index contributed by atoms with van der Waals surface area (Å²) in [5, 5.41) is 63.6. The molecule has 10 atom stereocenters. The summed E-state index contributed by atoms with van der Waals surface area (Å²) in [6.07, 6.45) is -0.511. The van der Waals surface area contributed by atoms with Gasteiger partial charge in [-0.1, -0.05) is 60.8 Å². The number of hydrogen-bond acceptors (Lipinski definition) is 18. The molecule has 0 radical (unpaired) electrons. The van der Waals surface area contributed by atoms with E-state index in [1.54, 1.807) is 34.7 Å². The van der Waals surface area contributed by atoms with Gasteiger partial charge in [-0.15, -0.1) is 0 Å². The highest BCUT2D eigenvalue weighted by atomic mass is 16.6. The van der Waals surface area contributed by atoms with E-state index in [1.165, 1.54) is 54.6 Å². The number of likely N-dealkylation sites (N-methyl/N-ethyl adjacent to an activating group) is 1. The van der Waals surface area contributed by atoms with E-state index in [2.05, 4.69) is 53.2 Å². The average molecular weight is 1300 g/mol. The molecule has 0 aromatic heterocycles. The standard InChI is InChI=1S/C62H86N14O17/c1-8-30(4)49(67-7)58(89)76-50(31(5)9-2)57(88)70-29-47(80)71-43(28-48(81)82)56(87)73-41(54(85)75-51(32(6)10-3)59(90)74-42(27-46(63)79)55(86)72-40(52(64)83)15-13-23-69-61(65)66)14-11-12-22-68-53(84)33-16-19-36-39(24-33)62(93-60(36)91)37-20-17-34(77)25-44(37)92-45-26-35(78)18-21-38(45)62/h16-21,24-26,30-32,40-43,49-51,67,77-78H,8-15,22-23,27-29H2,1-7H3,(H2,63,79)(H2,64,83)(H,68,84)(H,70,88)(H,71,80)(H,72,86)(H,73,87)(H,74,90)(H,75,85)(H,76,89)(H,81,82)(H4,65,66,69)/t30-,31-,32-,40-,41-,42-,43-,49?,50-,51-/m0/s1. The van der Waals surface area contributed by atoms with Crippen molar-refractivity contribution < 1.29 is 82.3 Å². The summed E-state index contributed by atoms with van der Waals surface area (Å²) in [6, 6.07) is 2.85. The molecule has 0 fully saturated rings. The van der Waals surface area contributed by atoms with Crippen molar-refractivity contribution in [3.8, 4) is 23.0 Å². The fraction of sp³-hybridized carbons (Fsp3) is 0.500. The molecule has 3 aromatic carbocycles. The zero-order valence-corrected chi connectivity index (χ0v) is 53.0. The number of unbranched alkanes of at least 4 members (excludes halogenated alkanes) is 1. The summed E-state index contributed by atoms with van der Waals surface area (Å²) in [7, 11) is 1.61. The van der Waals surface area contributed by atoms with E-state index in [-0.39, 0.29) is 103 Å². The molecule has 2 aliphatic rings. The number of carbonyl (C=O) groups excluding carboxylic acids is 11. The number of nitrogens with one attached hydrogen (secondary N) is 11. The van der Waals surface area contributed by atoms with Crippen LogP contribution < -0.4 is 75.1 Å². The van der Waals surface area contributed by atoms with E-state index >= 15 is 0 Å². The second-order valence-electron chi connectivity index (χ2n) is 23.1. The first kappa shape index (κ1) is 73.7. The Kier molecular flexibility index (Phi) is 26.8. The van der Waals surface area contributed by atoms with Crippen LogP contribution in [0, 0.1) is 23.2 Å². The van der Waals surface area contributed by atoms with Crippen LogP contribution in [0.5, 0.6) is 23.0 Å². The highest BCUT2D eigenvalue weighted by Crippen LogP contribution is 2.57. The Hall–Kier alpha value is -10.1. The number of carboxylic acids is 1. The molecule has 3 aromatic rings. The van der Waals surface area contributed by atoms with Gasteiger partial charge in [0.05, 0.1) is 31.0 Å². The summed E-state index contributed by atoms with van der Waals surface area (Å²) in [5.74, 6) is -13.1. The molecule has 93 heavy (non-hydrogen) atoms. The molecule has 1 unspecified atom stereocenters. The van der Waals surface area contributed by atoms with Crippen LogP contribution in [0.2, 0.25) is 0 Å². The lowest BCUT2D eigenvalue weighted by Gasteiger charge is -2.36. The number of aliphatic carboxylic acids is 1. The Labute approximate surface area is 536 Å². The van der Waals surface area contributed by atoms with Crippen molar-refractivity contribution in [2.75, 3.05) is 26.7 Å². The van der Waals surface area contributed by atoms with Gasteiger partial charge >= 0.3 is 11.9 Å². The number of primary amides is 2. The lowest BCUT2D eigenvalue weighted by molar-refractivity contribution is -0.141. The molecule has 0 saturated heterocycles. The summed E-state index contributed by atoms with van der Waals surface area (Å²) < 4.78 is 12.2. The minimum absolute atomic E-state index is 0.0245. The number of hydrogen-bond donors (Lipinski definition) is 17. The summed E-state index contributed by atoms with van der Waals surface area (Å²) in [5.41, 5.74) is 15.7. The average Bonchev–Trinajstić information content (AvgIpc) is 1.60. The molecule has 31 heteroatoms. The van der Waals surface area contributed by atoms with Gasteiger partial charge in [-0.3, -0.25) is 58.1 Å². The third-order valence-electron chi connectivity index (χ3n) is 16.4. The summed E-state index contributed by atoms with van der Waals surface area (Å²) in [6.45, 7) is 9.80. The monoisotopic (exact) mass is 1300 g/mol. The summed E-state index contributed by atoms with van der Waals surface area (Å²) in [4.78, 5) is 162. The number of guanidine groups is 1. The zero-order valence-electron chi connectivity index (χ0n) is 53.0. The predicted molar refractivity (Wildman–Crippen MR) is 334 cm³/mol. The van der Waals surface area contributed by atoms with Gasteiger partial charge in [-0.25, -0.2) is 4.79 Å². The van der Waals surface area contributed by atoms with Gasteiger partial charge < -0.3 is 95.2 Å². The zero-order chi connectivity index (χ0) is 69.0. The maximum atomic E-state index is 14.6. The number of benzene rings is 3. The second-order valence-corrected chi connectivity index (χ2v) is 23.1. The van der Waals surface area contributed by atoms with E-state index < -0.39 is 150 Å². The van der Waals surface area contributed by atoms with Crippen LogP contribution in [0.15, 0.2) is 54.6 Å². The van der Waals surface area contributed by atoms with Crippen LogP contribution in [0.3, 0.4) is 0 Å². The molecule has 1 spiro atoms. The maximum Gasteiger partial charge on any atom is 0.340 e. The lowest BCUT2D eigenvalue weighted by atomic mass is 9.77. The molecule has 0 bridgehead atoms. The first-order valence-electron chi connectivity index (χ1n) is 30.6. The van der Waals surface area contributed by atoms with Crippen LogP contribution in [0.25, 0.3) is 0 Å². The van der Waals surface area contributed by atoms with E-state index in [1.807, 2.05) is 13.8 Å². The first-order chi connectivity index (χ1) is 44.0. The number of esters is 1. The number of aromatic hydroxyl groups is 2. The first-order valence-corrected chi connectivity index (χ1v) is 30.6. The highest BCUT2D eigenvalue weighted by molar-refractivity contribution is 6.02. The van der Waals surface area contributed by atoms with Crippen LogP contribution >= 0.6 is 0 Å². The Morgan fingerprint density at radius 1 is 0.559 bits per heavy atom. The van der Waals surface area contributed by atoms with Gasteiger partial charge in [0.25, 0.3) is 5.91 Å². The molecular weight excluding hydrogens is 1210 g/mol. The second kappa shape index (κ2) is 33.8. The Morgan fingerprint density at radius 3 is 1.61 bits per heavy atom. The smallest absolute Gasteiger partial charge is 0.340 e. The Balaban J connectivity index is 1.38. The fourth-order valence-corrected chi connectivity index (χ4v) is 10.6. The van der Waals surface area contributed by atoms with E-state index in [4.69, 9.17) is 32.1 Å². The SMILES string of the molecule is CC[C@H](C)C(NC)C(=O)N[C@H](C(=O)NCC(=O)N[C@@H](CC(=O)O)C(=O)N[C@@H](CCCCNC(=O)c1ccc2c(c1)C1(OC2=O)c2ccc(O)cc2Oc2cc(O)ccc21)C(=O)N[C@H](C(=O)N[C@@H](CC(N)=O)C(=O)N[C@@H](CCCNC(=N)N)C(N)=O)[C@@H](C)CC)[C@@H](C)CC. The molecule has 2 heterocycles. The predicted octanol–water partition coefficient (Wildman–Crippen LogP) is -0.584. The Bertz CT molecular complexity index is 3260. The van der Waals surface area contributed by atoms with Crippen LogP contribution in [-0.2, 0) is 58.3 Å². The fourth-order valence-electron chi connectivity index (χ4n) is 10.6. The lowest BCUT2D eigenvalue weighted by Crippen LogP contribution is -2.61. The van der Waals surface area contributed by atoms with Gasteiger partial charge in [-0.05, 0) is 99.4 Å². The van der Waals surface area contributed by atoms with Crippen molar-refractivity contribution in [2.24, 2.45) is 35.0 Å². The third-order valence-corrected chi connectivity index (χ3v) is 16.4. The number of carboxylic acid groups (broad SMARTS) is 1. The van der Waals surface area contributed by atoms with Crippen molar-refractivity contribution in [1.29, 1.82) is 5.41 Å². The number of carbonyl (C=O) groups is 12. The van der Waals surface area contributed by atoms with Crippen LogP contribution in [0.1, 0.15) is 143 Å². The minimum Gasteiger partial charge on any atom is -0.508 e. The van der Waals surface area contributed by atoms with Crippen LogP contribution in [0.4, 0.5) is 0 Å². The van der Waals surface area contributed by atoms with E-state index in [0.29, 0.717) is 24.0 Å². The number of amides is 10. The molecule has 0 aliphatic carbocycles. The van der Waals surface area contributed by atoms with E-state index in [9.17, 15) is 72.9 Å². The van der Waals surface area contributed by atoms with Gasteiger partial charge in [0.15, 0.2) is 11.6 Å². The molecular formula is C62H86N14O17. The van der Waals surface area contributed by atoms with Crippen molar-refractivity contribution in [3.63, 3.8) is 0 Å². The number of phenolic OH excluding ortho intramolecular Hbond substituents is 2. The molecule has 2 aliphatic heterocycles. The van der Waals surface area contributed by atoms with Crippen molar-refractivity contribution in [3.05, 3.63) is 82.4 Å². The number of ether oxygens (including phenoxy) is 2. The minimum atomic E-state index is -1.88. The third kappa shape index (κ3) is 19.5. The van der Waals surface area contributed by atoms with Crippen molar-refractivity contribution in [1.82, 2.24) is 53.2 Å². The van der Waals surface area contributed by atoms with Gasteiger partial charge in [0.2, 0.25) is 53.2 Å². The maximum absolute atomic E-state index is 14.6. The topological polar surface area (TPSA) is 506 Å². The van der Waals surface area contributed by atoms with Gasteiger partial charge in [0.1, 0.15) is 59.2 Å². The highest BCUT2D eigenvalue weighted by Gasteiger charge is 2.54. The normalized spacial score (nSPS) is 15.6. The molecule has 5 rings (SSSR count). The molecule has 31 nitrogen and oxygen atoms in total. The van der Waals surface area contributed by atoms with Crippen molar-refractivity contribution in [2.45, 2.75) is 154 Å². The Morgan fingerprint density at radius 2 is 1.06 bits per heavy atom. The number of phenols is 2. The van der Waals surface area contributed by atoms with Gasteiger partial charge in [0, 0.05) is 47.5 Å². The van der Waals surface area contributed by atoms with E-state index in [0.717, 1.165) is 0 Å².